The minimum Gasteiger partial charge on any atom is -0.321 e. The van der Waals surface area contributed by atoms with E-state index >= 15 is 0 Å². The number of anilines is 2. The topological polar surface area (TPSA) is 93.8 Å². The van der Waals surface area contributed by atoms with Gasteiger partial charge in [-0.1, -0.05) is 30.3 Å². The van der Waals surface area contributed by atoms with Crippen molar-refractivity contribution in [3.63, 3.8) is 0 Å². The lowest BCUT2D eigenvalue weighted by Crippen LogP contribution is -2.16. The van der Waals surface area contributed by atoms with Crippen molar-refractivity contribution in [3.05, 3.63) is 90.4 Å². The molecule has 0 saturated heterocycles. The Morgan fingerprint density at radius 2 is 1.81 bits per heavy atom. The number of amides is 2. The first-order chi connectivity index (χ1) is 15.7. The maximum Gasteiger partial charge on any atom is 0.276 e. The van der Waals surface area contributed by atoms with Crippen molar-refractivity contribution in [1.82, 2.24) is 19.6 Å². The van der Waals surface area contributed by atoms with Gasteiger partial charge in [0.05, 0.1) is 12.2 Å². The molecule has 5 rings (SSSR count). The number of aromatic nitrogens is 4. The van der Waals surface area contributed by atoms with Gasteiger partial charge in [-0.25, -0.2) is 4.68 Å². The number of carbonyl (C=O) groups excluding carboxylic acids is 2. The maximum absolute atomic E-state index is 13.0. The van der Waals surface area contributed by atoms with Crippen LogP contribution in [0.25, 0.3) is 5.69 Å². The average Bonchev–Trinajstić information content (AvgIpc) is 3.38. The van der Waals surface area contributed by atoms with E-state index in [0.29, 0.717) is 18.1 Å². The van der Waals surface area contributed by atoms with Crippen molar-refractivity contribution in [2.45, 2.75) is 19.4 Å². The van der Waals surface area contributed by atoms with Gasteiger partial charge < -0.3 is 10.6 Å². The van der Waals surface area contributed by atoms with Crippen LogP contribution in [0, 0.1) is 5.92 Å². The third-order valence-corrected chi connectivity index (χ3v) is 5.23. The first-order valence-corrected chi connectivity index (χ1v) is 10.5. The van der Waals surface area contributed by atoms with Crippen LogP contribution in [0.2, 0.25) is 0 Å². The monoisotopic (exact) mass is 426 g/mol. The van der Waals surface area contributed by atoms with Crippen LogP contribution in [0.4, 0.5) is 11.5 Å². The van der Waals surface area contributed by atoms with Crippen molar-refractivity contribution in [3.8, 4) is 5.69 Å². The number of rotatable bonds is 7. The van der Waals surface area contributed by atoms with Crippen molar-refractivity contribution in [1.29, 1.82) is 0 Å². The number of benzene rings is 2. The Morgan fingerprint density at radius 1 is 0.969 bits per heavy atom. The Kier molecular flexibility index (Phi) is 5.25. The highest BCUT2D eigenvalue weighted by Gasteiger charge is 2.30. The van der Waals surface area contributed by atoms with Crippen molar-refractivity contribution < 1.29 is 9.59 Å². The van der Waals surface area contributed by atoms with E-state index < -0.39 is 0 Å². The average molecular weight is 426 g/mol. The molecule has 0 unspecified atom stereocenters. The van der Waals surface area contributed by atoms with Gasteiger partial charge in [-0.2, -0.15) is 10.2 Å². The molecule has 0 radical (unpaired) electrons. The van der Waals surface area contributed by atoms with Crippen LogP contribution in [-0.2, 0) is 11.3 Å². The molecule has 2 heterocycles. The third-order valence-electron chi connectivity index (χ3n) is 5.23. The molecule has 2 aromatic heterocycles. The Morgan fingerprint density at radius 3 is 2.56 bits per heavy atom. The van der Waals surface area contributed by atoms with Gasteiger partial charge in [-0.15, -0.1) is 0 Å². The summed E-state index contributed by atoms with van der Waals surface area (Å²) in [4.78, 5) is 25.3. The SMILES string of the molecule is O=C(Nc1cccc(Cn2cccn2)c1)c1cc(NC(=O)C2CC2)n(-c2ccccc2)n1. The van der Waals surface area contributed by atoms with E-state index in [9.17, 15) is 9.59 Å². The second-order valence-electron chi connectivity index (χ2n) is 7.78. The molecule has 0 atom stereocenters. The summed E-state index contributed by atoms with van der Waals surface area (Å²) < 4.78 is 3.40. The molecular formula is C24H22N6O2. The fraction of sp³-hybridized carbons (Fsp3) is 0.167. The maximum atomic E-state index is 13.0. The summed E-state index contributed by atoms with van der Waals surface area (Å²) in [5, 5.41) is 14.5. The van der Waals surface area contributed by atoms with Crippen LogP contribution in [0.5, 0.6) is 0 Å². The third kappa shape index (κ3) is 4.44. The Labute approximate surface area is 184 Å². The standard InChI is InChI=1S/C24H22N6O2/c31-23(18-10-11-18)27-22-15-21(28-30(22)20-8-2-1-3-9-20)24(32)26-19-7-4-6-17(14-19)16-29-13-5-12-25-29/h1-9,12-15,18H,10-11,16H2,(H,26,32)(H,27,31). The fourth-order valence-electron chi connectivity index (χ4n) is 3.44. The predicted molar refractivity (Wildman–Crippen MR) is 121 cm³/mol. The molecule has 0 spiro atoms. The van der Waals surface area contributed by atoms with Crippen LogP contribution in [0.1, 0.15) is 28.9 Å². The highest BCUT2D eigenvalue weighted by atomic mass is 16.2. The summed E-state index contributed by atoms with van der Waals surface area (Å²) in [7, 11) is 0. The summed E-state index contributed by atoms with van der Waals surface area (Å²) in [5.41, 5.74) is 2.66. The predicted octanol–water partition coefficient (Wildman–Crippen LogP) is 3.72. The van der Waals surface area contributed by atoms with Crippen LogP contribution >= 0.6 is 0 Å². The molecule has 8 heteroatoms. The van der Waals surface area contributed by atoms with Crippen molar-refractivity contribution in [2.24, 2.45) is 5.92 Å². The largest absolute Gasteiger partial charge is 0.321 e. The zero-order chi connectivity index (χ0) is 21.9. The van der Waals surface area contributed by atoms with Gasteiger partial charge in [0.15, 0.2) is 5.69 Å². The zero-order valence-electron chi connectivity index (χ0n) is 17.3. The highest BCUT2D eigenvalue weighted by Crippen LogP contribution is 2.30. The summed E-state index contributed by atoms with van der Waals surface area (Å²) in [5.74, 6) is 0.132. The first-order valence-electron chi connectivity index (χ1n) is 10.5. The van der Waals surface area contributed by atoms with Gasteiger partial charge in [-0.3, -0.25) is 14.3 Å². The normalized spacial score (nSPS) is 13.0. The molecule has 1 aliphatic rings. The summed E-state index contributed by atoms with van der Waals surface area (Å²) in [6.45, 7) is 0.608. The molecule has 2 N–H and O–H groups in total. The number of hydrogen-bond donors (Lipinski definition) is 2. The molecule has 4 aromatic rings. The molecule has 8 nitrogen and oxygen atoms in total. The molecule has 1 saturated carbocycles. The fourth-order valence-corrected chi connectivity index (χ4v) is 3.44. The van der Waals surface area contributed by atoms with E-state index in [2.05, 4.69) is 20.8 Å². The van der Waals surface area contributed by atoms with E-state index in [1.165, 1.54) is 0 Å². The van der Waals surface area contributed by atoms with E-state index in [1.54, 1.807) is 16.9 Å². The van der Waals surface area contributed by atoms with Crippen LogP contribution in [-0.4, -0.2) is 31.4 Å². The smallest absolute Gasteiger partial charge is 0.276 e. The summed E-state index contributed by atoms with van der Waals surface area (Å²) in [6.07, 6.45) is 5.41. The molecular weight excluding hydrogens is 404 g/mol. The molecule has 2 amide bonds. The van der Waals surface area contributed by atoms with E-state index in [4.69, 9.17) is 0 Å². The lowest BCUT2D eigenvalue weighted by molar-refractivity contribution is -0.117. The lowest BCUT2D eigenvalue weighted by Gasteiger charge is -2.08. The highest BCUT2D eigenvalue weighted by molar-refractivity contribution is 6.04. The van der Waals surface area contributed by atoms with Crippen LogP contribution in [0.3, 0.4) is 0 Å². The molecule has 32 heavy (non-hydrogen) atoms. The Hall–Kier alpha value is -4.20. The number of para-hydroxylation sites is 1. The summed E-state index contributed by atoms with van der Waals surface area (Å²) in [6, 6.07) is 20.5. The van der Waals surface area contributed by atoms with Crippen LogP contribution in [0.15, 0.2) is 79.1 Å². The Balaban J connectivity index is 1.37. The van der Waals surface area contributed by atoms with E-state index in [-0.39, 0.29) is 23.4 Å². The minimum atomic E-state index is -0.349. The second-order valence-corrected chi connectivity index (χ2v) is 7.78. The molecule has 1 fully saturated rings. The van der Waals surface area contributed by atoms with Crippen molar-refractivity contribution in [2.75, 3.05) is 10.6 Å². The summed E-state index contributed by atoms with van der Waals surface area (Å²) >= 11 is 0. The van der Waals surface area contributed by atoms with Gasteiger partial charge in [0, 0.05) is 30.1 Å². The number of hydrogen-bond acceptors (Lipinski definition) is 4. The molecule has 2 aromatic carbocycles. The van der Waals surface area contributed by atoms with Gasteiger partial charge in [-0.05, 0) is 48.7 Å². The second kappa shape index (κ2) is 8.50. The van der Waals surface area contributed by atoms with Gasteiger partial charge >= 0.3 is 0 Å². The van der Waals surface area contributed by atoms with Crippen molar-refractivity contribution >= 4 is 23.3 Å². The van der Waals surface area contributed by atoms with E-state index in [0.717, 1.165) is 24.1 Å². The van der Waals surface area contributed by atoms with Crippen LogP contribution < -0.4 is 10.6 Å². The van der Waals surface area contributed by atoms with Gasteiger partial charge in [0.25, 0.3) is 5.91 Å². The lowest BCUT2D eigenvalue weighted by atomic mass is 10.2. The molecule has 1 aliphatic carbocycles. The molecule has 0 bridgehead atoms. The van der Waals surface area contributed by atoms with Gasteiger partial charge in [0.1, 0.15) is 5.82 Å². The number of nitrogens with one attached hydrogen (secondary N) is 2. The zero-order valence-corrected chi connectivity index (χ0v) is 17.3. The van der Waals surface area contributed by atoms with Gasteiger partial charge in [0.2, 0.25) is 5.91 Å². The quantitative estimate of drug-likeness (QED) is 0.471. The number of carbonyl (C=O) groups is 2. The Bertz CT molecular complexity index is 1240. The van der Waals surface area contributed by atoms with E-state index in [1.807, 2.05) is 71.5 Å². The first kappa shape index (κ1) is 19.7. The minimum absolute atomic E-state index is 0.0413. The molecule has 160 valence electrons. The molecule has 0 aliphatic heterocycles. The number of nitrogens with zero attached hydrogens (tertiary/aromatic N) is 4.